The number of ether oxygens (including phenoxy) is 2. The fourth-order valence-corrected chi connectivity index (χ4v) is 2.35. The zero-order valence-corrected chi connectivity index (χ0v) is 12.9. The normalized spacial score (nSPS) is 10.1. The Kier molecular flexibility index (Phi) is 4.84. The van der Waals surface area contributed by atoms with E-state index in [2.05, 4.69) is 0 Å². The molecule has 5 heteroatoms. The lowest BCUT2D eigenvalue weighted by molar-refractivity contribution is 0.395. The SMILES string of the molecule is CCCn1c(-c2ccc(OC)cc2OC)ccc(C#N)c1=O. The number of aromatic nitrogens is 1. The molecule has 0 aliphatic carbocycles. The highest BCUT2D eigenvalue weighted by Crippen LogP contribution is 2.32. The molecule has 1 aromatic heterocycles. The number of hydrogen-bond acceptors (Lipinski definition) is 4. The van der Waals surface area contributed by atoms with Crippen molar-refractivity contribution in [2.45, 2.75) is 19.9 Å². The Morgan fingerprint density at radius 3 is 2.55 bits per heavy atom. The summed E-state index contributed by atoms with van der Waals surface area (Å²) in [7, 11) is 3.16. The number of benzene rings is 1. The zero-order valence-electron chi connectivity index (χ0n) is 12.9. The maximum atomic E-state index is 12.4. The van der Waals surface area contributed by atoms with Gasteiger partial charge in [-0.1, -0.05) is 6.92 Å². The van der Waals surface area contributed by atoms with Gasteiger partial charge in [-0.3, -0.25) is 4.79 Å². The van der Waals surface area contributed by atoms with Crippen molar-refractivity contribution in [3.8, 4) is 28.8 Å². The van der Waals surface area contributed by atoms with E-state index in [4.69, 9.17) is 14.7 Å². The van der Waals surface area contributed by atoms with Crippen LogP contribution >= 0.6 is 0 Å². The fourth-order valence-electron chi connectivity index (χ4n) is 2.35. The first-order valence-corrected chi connectivity index (χ1v) is 7.02. The first-order chi connectivity index (χ1) is 10.7. The minimum Gasteiger partial charge on any atom is -0.497 e. The summed E-state index contributed by atoms with van der Waals surface area (Å²) in [5.74, 6) is 1.30. The topological polar surface area (TPSA) is 64.2 Å². The van der Waals surface area contributed by atoms with Crippen LogP contribution in [-0.2, 0) is 6.54 Å². The molecule has 0 amide bonds. The maximum absolute atomic E-state index is 12.4. The van der Waals surface area contributed by atoms with Crippen LogP contribution in [0.5, 0.6) is 11.5 Å². The molecule has 114 valence electrons. The third-order valence-electron chi connectivity index (χ3n) is 3.43. The van der Waals surface area contributed by atoms with Gasteiger partial charge in [0.1, 0.15) is 23.1 Å². The quantitative estimate of drug-likeness (QED) is 0.851. The van der Waals surface area contributed by atoms with Crippen LogP contribution < -0.4 is 15.0 Å². The molecule has 1 aromatic carbocycles. The molecule has 0 saturated heterocycles. The molecule has 0 spiro atoms. The summed E-state index contributed by atoms with van der Waals surface area (Å²) in [6.07, 6.45) is 0.792. The van der Waals surface area contributed by atoms with Crippen LogP contribution in [-0.4, -0.2) is 18.8 Å². The first kappa shape index (κ1) is 15.6. The molecule has 0 unspecified atom stereocenters. The molecule has 0 bridgehead atoms. The molecule has 22 heavy (non-hydrogen) atoms. The lowest BCUT2D eigenvalue weighted by Gasteiger charge is -2.16. The highest BCUT2D eigenvalue weighted by Gasteiger charge is 2.14. The summed E-state index contributed by atoms with van der Waals surface area (Å²) in [5, 5.41) is 9.04. The van der Waals surface area contributed by atoms with Crippen molar-refractivity contribution < 1.29 is 9.47 Å². The van der Waals surface area contributed by atoms with Crippen LogP contribution in [0.2, 0.25) is 0 Å². The standard InChI is InChI=1S/C17H18N2O3/c1-4-9-19-15(8-5-12(11-18)17(19)20)14-7-6-13(21-2)10-16(14)22-3/h5-8,10H,4,9H2,1-3H3. The summed E-state index contributed by atoms with van der Waals surface area (Å²) in [4.78, 5) is 12.4. The van der Waals surface area contributed by atoms with Gasteiger partial charge in [-0.15, -0.1) is 0 Å². The molecule has 0 saturated carbocycles. The van der Waals surface area contributed by atoms with Gasteiger partial charge in [0.25, 0.3) is 5.56 Å². The molecule has 0 N–H and O–H groups in total. The van der Waals surface area contributed by atoms with Crippen molar-refractivity contribution >= 4 is 0 Å². The smallest absolute Gasteiger partial charge is 0.268 e. The van der Waals surface area contributed by atoms with Crippen LogP contribution in [0.4, 0.5) is 0 Å². The Bertz CT molecular complexity index is 772. The molecule has 5 nitrogen and oxygen atoms in total. The molecular formula is C17H18N2O3. The van der Waals surface area contributed by atoms with E-state index in [0.717, 1.165) is 17.7 Å². The number of hydrogen-bond donors (Lipinski definition) is 0. The van der Waals surface area contributed by atoms with Gasteiger partial charge in [0, 0.05) is 18.2 Å². The molecule has 1 heterocycles. The summed E-state index contributed by atoms with van der Waals surface area (Å²) < 4.78 is 12.2. The Morgan fingerprint density at radius 2 is 1.95 bits per heavy atom. The largest absolute Gasteiger partial charge is 0.497 e. The van der Waals surface area contributed by atoms with E-state index < -0.39 is 0 Å². The van der Waals surface area contributed by atoms with Gasteiger partial charge in [-0.2, -0.15) is 5.26 Å². The second-order valence-corrected chi connectivity index (χ2v) is 4.77. The highest BCUT2D eigenvalue weighted by atomic mass is 16.5. The van der Waals surface area contributed by atoms with Crippen molar-refractivity contribution in [3.63, 3.8) is 0 Å². The van der Waals surface area contributed by atoms with Gasteiger partial charge < -0.3 is 14.0 Å². The van der Waals surface area contributed by atoms with E-state index >= 15 is 0 Å². The van der Waals surface area contributed by atoms with Gasteiger partial charge in [0.2, 0.25) is 0 Å². The van der Waals surface area contributed by atoms with E-state index in [1.165, 1.54) is 0 Å². The van der Waals surface area contributed by atoms with Gasteiger partial charge in [0.05, 0.1) is 19.9 Å². The monoisotopic (exact) mass is 298 g/mol. The van der Waals surface area contributed by atoms with Crippen LogP contribution in [0, 0.1) is 11.3 Å². The summed E-state index contributed by atoms with van der Waals surface area (Å²) in [6, 6.07) is 10.7. The Hall–Kier alpha value is -2.74. The predicted molar refractivity (Wildman–Crippen MR) is 84.2 cm³/mol. The first-order valence-electron chi connectivity index (χ1n) is 7.02. The highest BCUT2D eigenvalue weighted by molar-refractivity contribution is 5.69. The van der Waals surface area contributed by atoms with E-state index in [1.54, 1.807) is 37.0 Å². The van der Waals surface area contributed by atoms with Gasteiger partial charge in [0.15, 0.2) is 0 Å². The fraction of sp³-hybridized carbons (Fsp3) is 0.294. The third kappa shape index (κ3) is 2.82. The summed E-state index contributed by atoms with van der Waals surface area (Å²) in [5.41, 5.74) is 1.38. The minimum atomic E-state index is -0.278. The van der Waals surface area contributed by atoms with E-state index in [1.807, 2.05) is 25.1 Å². The number of pyridine rings is 1. The second-order valence-electron chi connectivity index (χ2n) is 4.77. The Morgan fingerprint density at radius 1 is 1.18 bits per heavy atom. The molecule has 2 rings (SSSR count). The van der Waals surface area contributed by atoms with Crippen LogP contribution in [0.1, 0.15) is 18.9 Å². The predicted octanol–water partition coefficient (Wildman–Crippen LogP) is 2.81. The average Bonchev–Trinajstić information content (AvgIpc) is 2.56. The minimum absolute atomic E-state index is 0.143. The molecule has 0 aliphatic rings. The Balaban J connectivity index is 2.70. The molecular weight excluding hydrogens is 280 g/mol. The van der Waals surface area contributed by atoms with Crippen LogP contribution in [0.15, 0.2) is 35.1 Å². The van der Waals surface area contributed by atoms with E-state index in [9.17, 15) is 4.79 Å². The molecule has 0 fully saturated rings. The number of nitriles is 1. The van der Waals surface area contributed by atoms with Crippen molar-refractivity contribution in [2.24, 2.45) is 0 Å². The van der Waals surface area contributed by atoms with Crippen molar-refractivity contribution in [3.05, 3.63) is 46.2 Å². The molecule has 0 radical (unpaired) electrons. The van der Waals surface area contributed by atoms with Crippen molar-refractivity contribution in [2.75, 3.05) is 14.2 Å². The van der Waals surface area contributed by atoms with Crippen molar-refractivity contribution in [1.82, 2.24) is 4.57 Å². The van der Waals surface area contributed by atoms with E-state index in [0.29, 0.717) is 18.0 Å². The van der Waals surface area contributed by atoms with Gasteiger partial charge in [-0.25, -0.2) is 0 Å². The average molecular weight is 298 g/mol. The lowest BCUT2D eigenvalue weighted by atomic mass is 10.1. The van der Waals surface area contributed by atoms with E-state index in [-0.39, 0.29) is 11.1 Å². The molecule has 0 aliphatic heterocycles. The van der Waals surface area contributed by atoms with Crippen molar-refractivity contribution in [1.29, 1.82) is 5.26 Å². The zero-order chi connectivity index (χ0) is 16.1. The molecule has 0 atom stereocenters. The van der Waals surface area contributed by atoms with Crippen LogP contribution in [0.25, 0.3) is 11.3 Å². The number of methoxy groups -OCH3 is 2. The van der Waals surface area contributed by atoms with Crippen LogP contribution in [0.3, 0.4) is 0 Å². The summed E-state index contributed by atoms with van der Waals surface area (Å²) >= 11 is 0. The summed E-state index contributed by atoms with van der Waals surface area (Å²) in [6.45, 7) is 2.53. The third-order valence-corrected chi connectivity index (χ3v) is 3.43. The second kappa shape index (κ2) is 6.81. The Labute approximate surface area is 129 Å². The van der Waals surface area contributed by atoms with Gasteiger partial charge in [-0.05, 0) is 30.7 Å². The maximum Gasteiger partial charge on any atom is 0.268 e. The lowest BCUT2D eigenvalue weighted by Crippen LogP contribution is -2.24. The number of nitrogens with zero attached hydrogens (tertiary/aromatic N) is 2. The number of rotatable bonds is 5. The molecule has 2 aromatic rings. The van der Waals surface area contributed by atoms with Gasteiger partial charge >= 0.3 is 0 Å².